The summed E-state index contributed by atoms with van der Waals surface area (Å²) in [5, 5.41) is 0. The Bertz CT molecular complexity index is 274. The molecule has 1 aromatic heterocycles. The van der Waals surface area contributed by atoms with E-state index in [4.69, 9.17) is 10.5 Å². The van der Waals surface area contributed by atoms with E-state index in [9.17, 15) is 0 Å². The lowest BCUT2D eigenvalue weighted by atomic mass is 10.2. The van der Waals surface area contributed by atoms with E-state index in [1.54, 1.807) is 6.20 Å². The Hall–Kier alpha value is -1.25. The molecule has 0 fully saturated rings. The second-order valence-corrected chi connectivity index (χ2v) is 3.08. The van der Waals surface area contributed by atoms with E-state index in [1.165, 1.54) is 0 Å². The second kappa shape index (κ2) is 4.70. The van der Waals surface area contributed by atoms with Crippen molar-refractivity contribution in [1.82, 2.24) is 4.98 Å². The van der Waals surface area contributed by atoms with Gasteiger partial charge in [0.05, 0.1) is 18.5 Å². The van der Waals surface area contributed by atoms with Crippen molar-refractivity contribution in [2.75, 3.05) is 12.3 Å². The number of nitrogens with two attached hydrogens (primary N) is 1. The fourth-order valence-corrected chi connectivity index (χ4v) is 0.941. The molecule has 0 aliphatic carbocycles. The predicted octanol–water partition coefficient (Wildman–Crippen LogP) is 2.15. The summed E-state index contributed by atoms with van der Waals surface area (Å²) in [6, 6.07) is 1.87. The van der Waals surface area contributed by atoms with Crippen LogP contribution in [-0.2, 0) is 0 Å². The lowest BCUT2D eigenvalue weighted by molar-refractivity contribution is 0.297. The first kappa shape index (κ1) is 9.84. The monoisotopic (exact) mass is 180 g/mol. The molecule has 0 aliphatic heterocycles. The molecule has 72 valence electrons. The van der Waals surface area contributed by atoms with Crippen molar-refractivity contribution in [3.63, 3.8) is 0 Å². The molecule has 0 atom stereocenters. The summed E-state index contributed by atoms with van der Waals surface area (Å²) in [4.78, 5) is 4.06. The van der Waals surface area contributed by atoms with Gasteiger partial charge in [-0.2, -0.15) is 0 Å². The summed E-state index contributed by atoms with van der Waals surface area (Å²) in [6.45, 7) is 4.81. The molecule has 0 unspecified atom stereocenters. The predicted molar refractivity (Wildman–Crippen MR) is 53.8 cm³/mol. The van der Waals surface area contributed by atoms with Crippen LogP contribution in [0.25, 0.3) is 0 Å². The fraction of sp³-hybridized carbons (Fsp3) is 0.500. The number of pyridine rings is 1. The van der Waals surface area contributed by atoms with Crippen LogP contribution in [0.5, 0.6) is 5.88 Å². The van der Waals surface area contributed by atoms with Crippen molar-refractivity contribution in [2.24, 2.45) is 0 Å². The van der Waals surface area contributed by atoms with Crippen molar-refractivity contribution in [3.05, 3.63) is 17.8 Å². The van der Waals surface area contributed by atoms with Crippen LogP contribution in [0, 0.1) is 6.92 Å². The Kier molecular flexibility index (Phi) is 3.55. The first-order valence-corrected chi connectivity index (χ1v) is 4.59. The summed E-state index contributed by atoms with van der Waals surface area (Å²) in [5.41, 5.74) is 7.35. The minimum absolute atomic E-state index is 0.667. The summed E-state index contributed by atoms with van der Waals surface area (Å²) in [6.07, 6.45) is 3.83. The summed E-state index contributed by atoms with van der Waals surface area (Å²) < 4.78 is 5.42. The van der Waals surface area contributed by atoms with Gasteiger partial charge in [-0.05, 0) is 18.9 Å². The molecule has 13 heavy (non-hydrogen) atoms. The van der Waals surface area contributed by atoms with Gasteiger partial charge >= 0.3 is 0 Å². The third-order valence-electron chi connectivity index (χ3n) is 1.87. The number of nitrogen functional groups attached to an aromatic ring is 1. The number of nitrogens with zero attached hydrogens (tertiary/aromatic N) is 1. The first-order valence-electron chi connectivity index (χ1n) is 4.59. The molecule has 0 spiro atoms. The molecule has 1 heterocycles. The van der Waals surface area contributed by atoms with E-state index >= 15 is 0 Å². The van der Waals surface area contributed by atoms with Gasteiger partial charge in [0.2, 0.25) is 5.88 Å². The summed E-state index contributed by atoms with van der Waals surface area (Å²) in [5.74, 6) is 0.667. The Morgan fingerprint density at radius 3 is 2.92 bits per heavy atom. The van der Waals surface area contributed by atoms with Crippen LogP contribution in [0.15, 0.2) is 12.3 Å². The maximum absolute atomic E-state index is 5.63. The molecule has 2 N–H and O–H groups in total. The molecule has 1 rings (SSSR count). The van der Waals surface area contributed by atoms with Gasteiger partial charge in [-0.25, -0.2) is 4.98 Å². The largest absolute Gasteiger partial charge is 0.478 e. The molecular weight excluding hydrogens is 164 g/mol. The van der Waals surface area contributed by atoms with Crippen molar-refractivity contribution in [2.45, 2.75) is 26.7 Å². The maximum atomic E-state index is 5.63. The zero-order chi connectivity index (χ0) is 9.68. The highest BCUT2D eigenvalue weighted by atomic mass is 16.5. The van der Waals surface area contributed by atoms with E-state index in [1.807, 2.05) is 13.0 Å². The highest BCUT2D eigenvalue weighted by molar-refractivity contribution is 5.45. The lowest BCUT2D eigenvalue weighted by Gasteiger charge is -2.05. The minimum Gasteiger partial charge on any atom is -0.478 e. The topological polar surface area (TPSA) is 48.1 Å². The van der Waals surface area contributed by atoms with E-state index in [2.05, 4.69) is 11.9 Å². The van der Waals surface area contributed by atoms with Gasteiger partial charge in [0, 0.05) is 6.07 Å². The van der Waals surface area contributed by atoms with Crippen molar-refractivity contribution in [1.29, 1.82) is 0 Å². The SMILES string of the molecule is CCCCOc1cc(C)c(N)cn1. The smallest absolute Gasteiger partial charge is 0.213 e. The third kappa shape index (κ3) is 2.93. The molecule has 0 aromatic carbocycles. The lowest BCUT2D eigenvalue weighted by Crippen LogP contribution is -2.00. The number of aryl methyl sites for hydroxylation is 1. The van der Waals surface area contributed by atoms with Crippen molar-refractivity contribution < 1.29 is 4.74 Å². The number of hydrogen-bond acceptors (Lipinski definition) is 3. The van der Waals surface area contributed by atoms with E-state index in [-0.39, 0.29) is 0 Å². The fourth-order valence-electron chi connectivity index (χ4n) is 0.941. The third-order valence-corrected chi connectivity index (χ3v) is 1.87. The van der Waals surface area contributed by atoms with Crippen LogP contribution < -0.4 is 10.5 Å². The highest BCUT2D eigenvalue weighted by Gasteiger charge is 1.98. The normalized spacial score (nSPS) is 10.0. The quantitative estimate of drug-likeness (QED) is 0.722. The molecule has 3 heteroatoms. The van der Waals surface area contributed by atoms with Crippen LogP contribution in [0.1, 0.15) is 25.3 Å². The maximum Gasteiger partial charge on any atom is 0.213 e. The second-order valence-electron chi connectivity index (χ2n) is 3.08. The number of anilines is 1. The van der Waals surface area contributed by atoms with Gasteiger partial charge in [-0.3, -0.25) is 0 Å². The summed E-state index contributed by atoms with van der Waals surface area (Å²) in [7, 11) is 0. The van der Waals surface area contributed by atoms with Gasteiger partial charge in [-0.15, -0.1) is 0 Å². The summed E-state index contributed by atoms with van der Waals surface area (Å²) >= 11 is 0. The van der Waals surface area contributed by atoms with Crippen LogP contribution in [0.3, 0.4) is 0 Å². The Labute approximate surface area is 78.9 Å². The average Bonchev–Trinajstić information content (AvgIpc) is 2.12. The molecular formula is C10H16N2O. The number of unbranched alkanes of at least 4 members (excludes halogenated alkanes) is 1. The molecule has 1 aromatic rings. The highest BCUT2D eigenvalue weighted by Crippen LogP contribution is 2.14. The van der Waals surface area contributed by atoms with E-state index < -0.39 is 0 Å². The van der Waals surface area contributed by atoms with Gasteiger partial charge in [0.25, 0.3) is 0 Å². The van der Waals surface area contributed by atoms with E-state index in [0.717, 1.165) is 25.0 Å². The molecule has 0 saturated carbocycles. The molecule has 0 bridgehead atoms. The van der Waals surface area contributed by atoms with Crippen LogP contribution in [0.4, 0.5) is 5.69 Å². The standard InChI is InChI=1S/C10H16N2O/c1-3-4-5-13-10-6-8(2)9(11)7-12-10/h6-7H,3-5,11H2,1-2H3. The van der Waals surface area contributed by atoms with Crippen LogP contribution >= 0.6 is 0 Å². The Morgan fingerprint density at radius 2 is 2.31 bits per heavy atom. The Morgan fingerprint density at radius 1 is 1.54 bits per heavy atom. The first-order chi connectivity index (χ1) is 6.24. The van der Waals surface area contributed by atoms with Gasteiger partial charge in [-0.1, -0.05) is 13.3 Å². The molecule has 0 amide bonds. The number of aromatic nitrogens is 1. The molecule has 3 nitrogen and oxygen atoms in total. The van der Waals surface area contributed by atoms with Crippen molar-refractivity contribution in [3.8, 4) is 5.88 Å². The van der Waals surface area contributed by atoms with Crippen molar-refractivity contribution >= 4 is 5.69 Å². The molecule has 0 saturated heterocycles. The average molecular weight is 180 g/mol. The molecule has 0 aliphatic rings. The molecule has 0 radical (unpaired) electrons. The van der Waals surface area contributed by atoms with E-state index in [0.29, 0.717) is 11.6 Å². The number of ether oxygens (including phenoxy) is 1. The van der Waals surface area contributed by atoms with Crippen LogP contribution in [-0.4, -0.2) is 11.6 Å². The van der Waals surface area contributed by atoms with Gasteiger partial charge in [0.15, 0.2) is 0 Å². The number of rotatable bonds is 4. The van der Waals surface area contributed by atoms with Gasteiger partial charge < -0.3 is 10.5 Å². The van der Waals surface area contributed by atoms with Gasteiger partial charge in [0.1, 0.15) is 0 Å². The zero-order valence-corrected chi connectivity index (χ0v) is 8.21. The number of hydrogen-bond donors (Lipinski definition) is 1. The van der Waals surface area contributed by atoms with Crippen LogP contribution in [0.2, 0.25) is 0 Å². The zero-order valence-electron chi connectivity index (χ0n) is 8.21. The minimum atomic E-state index is 0.667. The Balaban J connectivity index is 2.53.